The number of thioether (sulfide) groups is 1. The third-order valence-corrected chi connectivity index (χ3v) is 3.56. The van der Waals surface area contributed by atoms with E-state index in [2.05, 4.69) is 31.9 Å². The van der Waals surface area contributed by atoms with Gasteiger partial charge in [-0.2, -0.15) is 16.9 Å². The van der Waals surface area contributed by atoms with Crippen LogP contribution in [0.3, 0.4) is 0 Å². The molecule has 1 rings (SSSR count). The van der Waals surface area contributed by atoms with Gasteiger partial charge in [-0.25, -0.2) is 0 Å². The fraction of sp³-hybridized carbons (Fsp3) is 0.727. The van der Waals surface area contributed by atoms with Crippen LogP contribution in [0.5, 0.6) is 0 Å². The molecule has 3 nitrogen and oxygen atoms in total. The van der Waals surface area contributed by atoms with Crippen LogP contribution >= 0.6 is 11.8 Å². The first-order chi connectivity index (χ1) is 6.92. The number of nitrogens with zero attached hydrogens (tertiary/aromatic N) is 2. The van der Waals surface area contributed by atoms with E-state index in [0.29, 0.717) is 0 Å². The zero-order valence-corrected chi connectivity index (χ0v) is 10.9. The maximum Gasteiger partial charge on any atom is 0.0624 e. The molecule has 2 N–H and O–H groups in total. The summed E-state index contributed by atoms with van der Waals surface area (Å²) in [6.07, 6.45) is 1.00. The lowest BCUT2D eigenvalue weighted by atomic mass is 10.1. The van der Waals surface area contributed by atoms with Crippen molar-refractivity contribution in [3.63, 3.8) is 0 Å². The van der Waals surface area contributed by atoms with E-state index in [-0.39, 0.29) is 5.54 Å². The summed E-state index contributed by atoms with van der Waals surface area (Å²) in [5, 5.41) is 4.42. The van der Waals surface area contributed by atoms with Crippen molar-refractivity contribution in [3.8, 4) is 0 Å². The minimum Gasteiger partial charge on any atom is -0.325 e. The van der Waals surface area contributed by atoms with Crippen molar-refractivity contribution in [2.75, 3.05) is 5.75 Å². The highest BCUT2D eigenvalue weighted by Gasteiger charge is 2.11. The third kappa shape index (κ3) is 4.26. The van der Waals surface area contributed by atoms with Crippen molar-refractivity contribution in [1.29, 1.82) is 0 Å². The second kappa shape index (κ2) is 5.03. The first kappa shape index (κ1) is 12.6. The van der Waals surface area contributed by atoms with E-state index in [1.165, 1.54) is 11.4 Å². The smallest absolute Gasteiger partial charge is 0.0624 e. The molecule has 4 heteroatoms. The highest BCUT2D eigenvalue weighted by atomic mass is 32.2. The Bertz CT molecular complexity index is 312. The Morgan fingerprint density at radius 3 is 2.67 bits per heavy atom. The summed E-state index contributed by atoms with van der Waals surface area (Å²) in [6, 6.07) is 2.18. The van der Waals surface area contributed by atoms with Gasteiger partial charge < -0.3 is 5.73 Å². The first-order valence-corrected chi connectivity index (χ1v) is 6.46. The fourth-order valence-electron chi connectivity index (χ4n) is 1.30. The Labute approximate surface area is 96.4 Å². The topological polar surface area (TPSA) is 43.8 Å². The monoisotopic (exact) mass is 227 g/mol. The van der Waals surface area contributed by atoms with Crippen molar-refractivity contribution in [3.05, 3.63) is 17.5 Å². The van der Waals surface area contributed by atoms with Crippen molar-refractivity contribution in [2.45, 2.75) is 38.5 Å². The summed E-state index contributed by atoms with van der Waals surface area (Å²) in [5.41, 5.74) is 8.28. The van der Waals surface area contributed by atoms with E-state index >= 15 is 0 Å². The van der Waals surface area contributed by atoms with Crippen LogP contribution < -0.4 is 5.73 Å². The van der Waals surface area contributed by atoms with Crippen molar-refractivity contribution in [1.82, 2.24) is 9.78 Å². The van der Waals surface area contributed by atoms with Crippen LogP contribution in [-0.2, 0) is 19.2 Å². The number of hydrogen-bond donors (Lipinski definition) is 1. The van der Waals surface area contributed by atoms with E-state index < -0.39 is 0 Å². The molecule has 0 saturated heterocycles. The second-order valence-electron chi connectivity index (χ2n) is 4.59. The molecular formula is C11H21N3S. The highest BCUT2D eigenvalue weighted by molar-refractivity contribution is 7.98. The van der Waals surface area contributed by atoms with Gasteiger partial charge in [0.25, 0.3) is 0 Å². The lowest BCUT2D eigenvalue weighted by Crippen LogP contribution is -2.34. The van der Waals surface area contributed by atoms with Gasteiger partial charge in [-0.15, -0.1) is 0 Å². The summed E-state index contributed by atoms with van der Waals surface area (Å²) in [7, 11) is 2.00. The lowest BCUT2D eigenvalue weighted by Gasteiger charge is -2.17. The fourth-order valence-corrected chi connectivity index (χ4v) is 2.41. The molecule has 0 fully saturated rings. The molecule has 0 aromatic carbocycles. The third-order valence-electron chi connectivity index (χ3n) is 2.11. The van der Waals surface area contributed by atoms with Gasteiger partial charge in [0.2, 0.25) is 0 Å². The molecule has 0 atom stereocenters. The van der Waals surface area contributed by atoms with Gasteiger partial charge in [-0.3, -0.25) is 4.68 Å². The standard InChI is InChI=1S/C11H21N3S/c1-5-9-6-10(14(4)13-9)7-15-8-11(2,3)12/h6H,5,7-8,12H2,1-4H3. The molecule has 86 valence electrons. The van der Waals surface area contributed by atoms with E-state index in [1.54, 1.807) is 0 Å². The van der Waals surface area contributed by atoms with Crippen LogP contribution in [0, 0.1) is 0 Å². The molecule has 0 spiro atoms. The van der Waals surface area contributed by atoms with E-state index in [0.717, 1.165) is 17.9 Å². The molecule has 0 radical (unpaired) electrons. The maximum absolute atomic E-state index is 5.93. The molecule has 0 aliphatic rings. The van der Waals surface area contributed by atoms with Crippen molar-refractivity contribution >= 4 is 11.8 Å². The number of nitrogens with two attached hydrogens (primary N) is 1. The molecule has 1 aromatic rings. The highest BCUT2D eigenvalue weighted by Crippen LogP contribution is 2.16. The van der Waals surface area contributed by atoms with Crippen molar-refractivity contribution in [2.24, 2.45) is 12.8 Å². The summed E-state index contributed by atoms with van der Waals surface area (Å²) in [4.78, 5) is 0. The Morgan fingerprint density at radius 1 is 1.53 bits per heavy atom. The van der Waals surface area contributed by atoms with Crippen LogP contribution in [0.25, 0.3) is 0 Å². The molecular weight excluding hydrogens is 206 g/mol. The quantitative estimate of drug-likeness (QED) is 0.836. The van der Waals surface area contributed by atoms with Crippen molar-refractivity contribution < 1.29 is 0 Å². The molecule has 1 aromatic heterocycles. The minimum absolute atomic E-state index is 0.0865. The number of hydrogen-bond acceptors (Lipinski definition) is 3. The van der Waals surface area contributed by atoms with Gasteiger partial charge in [-0.1, -0.05) is 6.92 Å². The average Bonchev–Trinajstić information content (AvgIpc) is 2.45. The minimum atomic E-state index is -0.0865. The van der Waals surface area contributed by atoms with E-state index in [9.17, 15) is 0 Å². The Morgan fingerprint density at radius 2 is 2.20 bits per heavy atom. The molecule has 0 aliphatic heterocycles. The first-order valence-electron chi connectivity index (χ1n) is 5.31. The summed E-state index contributed by atoms with van der Waals surface area (Å²) >= 11 is 1.87. The molecule has 1 heterocycles. The van der Waals surface area contributed by atoms with Crippen LogP contribution in [-0.4, -0.2) is 21.1 Å². The maximum atomic E-state index is 5.93. The molecule has 15 heavy (non-hydrogen) atoms. The van der Waals surface area contributed by atoms with Gasteiger partial charge in [0.1, 0.15) is 0 Å². The zero-order chi connectivity index (χ0) is 11.5. The van der Waals surface area contributed by atoms with Gasteiger partial charge in [-0.05, 0) is 26.3 Å². The predicted molar refractivity (Wildman–Crippen MR) is 67.0 cm³/mol. The number of aromatic nitrogens is 2. The second-order valence-corrected chi connectivity index (χ2v) is 5.57. The zero-order valence-electron chi connectivity index (χ0n) is 10.1. The average molecular weight is 227 g/mol. The Hall–Kier alpha value is -0.480. The van der Waals surface area contributed by atoms with Gasteiger partial charge >= 0.3 is 0 Å². The molecule has 0 saturated carbocycles. The number of rotatable bonds is 5. The predicted octanol–water partition coefficient (Wildman–Crippen LogP) is 1.95. The number of aryl methyl sites for hydroxylation is 2. The largest absolute Gasteiger partial charge is 0.325 e. The van der Waals surface area contributed by atoms with Gasteiger partial charge in [0.05, 0.1) is 5.69 Å². The van der Waals surface area contributed by atoms with E-state index in [4.69, 9.17) is 5.73 Å². The van der Waals surface area contributed by atoms with Crippen LogP contribution in [0.1, 0.15) is 32.2 Å². The van der Waals surface area contributed by atoms with Crippen LogP contribution in [0.2, 0.25) is 0 Å². The lowest BCUT2D eigenvalue weighted by molar-refractivity contribution is 0.591. The SMILES string of the molecule is CCc1cc(CSCC(C)(C)N)n(C)n1. The summed E-state index contributed by atoms with van der Waals surface area (Å²) in [6.45, 7) is 6.24. The normalized spacial score (nSPS) is 12.1. The van der Waals surface area contributed by atoms with Crippen LogP contribution in [0.4, 0.5) is 0 Å². The Kier molecular flexibility index (Phi) is 4.22. The Balaban J connectivity index is 2.47. The summed E-state index contributed by atoms with van der Waals surface area (Å²) in [5.74, 6) is 1.96. The van der Waals surface area contributed by atoms with E-state index in [1.807, 2.05) is 23.5 Å². The summed E-state index contributed by atoms with van der Waals surface area (Å²) < 4.78 is 1.97. The molecule has 0 amide bonds. The van der Waals surface area contributed by atoms with Gasteiger partial charge in [0, 0.05) is 29.8 Å². The van der Waals surface area contributed by atoms with Crippen LogP contribution in [0.15, 0.2) is 6.07 Å². The molecule has 0 unspecified atom stereocenters. The molecule has 0 aliphatic carbocycles. The molecule has 0 bridgehead atoms. The van der Waals surface area contributed by atoms with Gasteiger partial charge in [0.15, 0.2) is 0 Å².